The van der Waals surface area contributed by atoms with E-state index in [1.807, 2.05) is 11.6 Å². The fourth-order valence-electron chi connectivity index (χ4n) is 1.96. The fraction of sp³-hybridized carbons (Fsp3) is 0.400. The van der Waals surface area contributed by atoms with E-state index in [2.05, 4.69) is 39.9 Å². The van der Waals surface area contributed by atoms with Crippen molar-refractivity contribution in [2.75, 3.05) is 13.1 Å². The molecular formula is C15H21N3S. The summed E-state index contributed by atoms with van der Waals surface area (Å²) < 4.78 is 0. The second kappa shape index (κ2) is 8.04. The van der Waals surface area contributed by atoms with E-state index < -0.39 is 0 Å². The molecular weight excluding hydrogens is 254 g/mol. The molecule has 0 amide bonds. The summed E-state index contributed by atoms with van der Waals surface area (Å²) in [7, 11) is 0. The third kappa shape index (κ3) is 5.51. The van der Waals surface area contributed by atoms with Crippen molar-refractivity contribution >= 4 is 11.3 Å². The van der Waals surface area contributed by atoms with Crippen LogP contribution >= 0.6 is 11.3 Å². The third-order valence-corrected chi connectivity index (χ3v) is 3.73. The van der Waals surface area contributed by atoms with Crippen LogP contribution in [0.25, 0.3) is 0 Å². The number of benzene rings is 1. The minimum Gasteiger partial charge on any atom is -0.327 e. The van der Waals surface area contributed by atoms with E-state index in [0.717, 1.165) is 38.0 Å². The lowest BCUT2D eigenvalue weighted by Crippen LogP contribution is -2.35. The predicted molar refractivity (Wildman–Crippen MR) is 81.4 cm³/mol. The maximum atomic E-state index is 6.10. The third-order valence-electron chi connectivity index (χ3n) is 3.09. The summed E-state index contributed by atoms with van der Waals surface area (Å²) in [5, 5.41) is 5.49. The van der Waals surface area contributed by atoms with Gasteiger partial charge in [-0.05, 0) is 18.4 Å². The van der Waals surface area contributed by atoms with E-state index in [0.29, 0.717) is 0 Å². The molecule has 19 heavy (non-hydrogen) atoms. The highest BCUT2D eigenvalue weighted by Gasteiger charge is 2.03. The molecule has 1 aromatic heterocycles. The number of thiazole rings is 1. The second-order valence-electron chi connectivity index (χ2n) is 4.72. The van der Waals surface area contributed by atoms with Crippen molar-refractivity contribution in [3.8, 4) is 0 Å². The molecule has 0 saturated heterocycles. The van der Waals surface area contributed by atoms with Gasteiger partial charge in [-0.25, -0.2) is 4.98 Å². The molecule has 0 radical (unpaired) electrons. The molecule has 102 valence electrons. The molecule has 2 aromatic rings. The summed E-state index contributed by atoms with van der Waals surface area (Å²) in [5.74, 6) is 0. The molecule has 0 aliphatic rings. The van der Waals surface area contributed by atoms with E-state index >= 15 is 0 Å². The van der Waals surface area contributed by atoms with Gasteiger partial charge in [0.05, 0.1) is 11.2 Å². The Balaban J connectivity index is 1.56. The molecule has 0 aliphatic heterocycles. The Kier molecular flexibility index (Phi) is 6.01. The second-order valence-corrected chi connectivity index (χ2v) is 5.44. The average molecular weight is 275 g/mol. The lowest BCUT2D eigenvalue weighted by atomic mass is 10.1. The van der Waals surface area contributed by atoms with Crippen molar-refractivity contribution in [1.29, 1.82) is 0 Å². The summed E-state index contributed by atoms with van der Waals surface area (Å²) in [5.41, 5.74) is 10.5. The lowest BCUT2D eigenvalue weighted by molar-refractivity contribution is 0.545. The van der Waals surface area contributed by atoms with Crippen LogP contribution in [-0.2, 0) is 12.8 Å². The van der Waals surface area contributed by atoms with E-state index in [-0.39, 0.29) is 6.04 Å². The first-order valence-electron chi connectivity index (χ1n) is 6.72. The molecule has 0 bridgehead atoms. The Labute approximate surface area is 118 Å². The quantitative estimate of drug-likeness (QED) is 0.726. The number of nitrogens with one attached hydrogen (secondary N) is 1. The molecule has 3 nitrogen and oxygen atoms in total. The summed E-state index contributed by atoms with van der Waals surface area (Å²) in [4.78, 5) is 4.26. The monoisotopic (exact) mass is 275 g/mol. The molecule has 4 heteroatoms. The van der Waals surface area contributed by atoms with Crippen molar-refractivity contribution in [3.63, 3.8) is 0 Å². The summed E-state index contributed by atoms with van der Waals surface area (Å²) >= 11 is 1.65. The zero-order chi connectivity index (χ0) is 13.3. The van der Waals surface area contributed by atoms with Crippen LogP contribution in [0.1, 0.15) is 17.7 Å². The van der Waals surface area contributed by atoms with Gasteiger partial charge in [0.15, 0.2) is 0 Å². The van der Waals surface area contributed by atoms with Crippen LogP contribution in [0.15, 0.2) is 41.2 Å². The van der Waals surface area contributed by atoms with E-state index in [4.69, 9.17) is 5.73 Å². The molecule has 1 unspecified atom stereocenters. The molecule has 0 aliphatic carbocycles. The number of hydrogen-bond acceptors (Lipinski definition) is 4. The molecule has 0 fully saturated rings. The highest BCUT2D eigenvalue weighted by molar-refractivity contribution is 7.07. The van der Waals surface area contributed by atoms with Gasteiger partial charge < -0.3 is 11.1 Å². The normalized spacial score (nSPS) is 12.5. The molecule has 1 heterocycles. The SMILES string of the molecule is NC(CCc1ccccc1)CNCCc1cscn1. The first-order chi connectivity index (χ1) is 9.34. The first-order valence-corrected chi connectivity index (χ1v) is 7.66. The Bertz CT molecular complexity index is 442. The number of aryl methyl sites for hydroxylation is 1. The van der Waals surface area contributed by atoms with E-state index in [1.54, 1.807) is 11.3 Å². The van der Waals surface area contributed by atoms with Gasteiger partial charge in [0.25, 0.3) is 0 Å². The average Bonchev–Trinajstić information content (AvgIpc) is 2.96. The first kappa shape index (κ1) is 14.2. The molecule has 1 aromatic carbocycles. The highest BCUT2D eigenvalue weighted by Crippen LogP contribution is 2.04. The standard InChI is InChI=1S/C15H21N3S/c16-14(7-6-13-4-2-1-3-5-13)10-17-9-8-15-11-19-12-18-15/h1-5,11-12,14,17H,6-10,16H2. The lowest BCUT2D eigenvalue weighted by Gasteiger charge is -2.12. The maximum absolute atomic E-state index is 6.10. The molecule has 3 N–H and O–H groups in total. The van der Waals surface area contributed by atoms with Crippen LogP contribution < -0.4 is 11.1 Å². The number of nitrogens with zero attached hydrogens (tertiary/aromatic N) is 1. The largest absolute Gasteiger partial charge is 0.327 e. The topological polar surface area (TPSA) is 50.9 Å². The van der Waals surface area contributed by atoms with Crippen molar-refractivity contribution in [1.82, 2.24) is 10.3 Å². The van der Waals surface area contributed by atoms with Crippen LogP contribution in [0.5, 0.6) is 0 Å². The Hall–Kier alpha value is -1.23. The Morgan fingerprint density at radius 1 is 1.21 bits per heavy atom. The number of rotatable bonds is 8. The van der Waals surface area contributed by atoms with Gasteiger partial charge in [-0.2, -0.15) is 0 Å². The van der Waals surface area contributed by atoms with Crippen molar-refractivity contribution in [3.05, 3.63) is 52.5 Å². The summed E-state index contributed by atoms with van der Waals surface area (Å²) in [6, 6.07) is 10.7. The Morgan fingerprint density at radius 3 is 2.79 bits per heavy atom. The van der Waals surface area contributed by atoms with Crippen LogP contribution in [-0.4, -0.2) is 24.1 Å². The molecule has 0 saturated carbocycles. The van der Waals surface area contributed by atoms with Gasteiger partial charge in [-0.3, -0.25) is 0 Å². The van der Waals surface area contributed by atoms with Crippen LogP contribution in [0.3, 0.4) is 0 Å². The van der Waals surface area contributed by atoms with Crippen molar-refractivity contribution < 1.29 is 0 Å². The van der Waals surface area contributed by atoms with Crippen molar-refractivity contribution in [2.45, 2.75) is 25.3 Å². The van der Waals surface area contributed by atoms with Gasteiger partial charge in [0.1, 0.15) is 0 Å². The number of hydrogen-bond donors (Lipinski definition) is 2. The Morgan fingerprint density at radius 2 is 2.05 bits per heavy atom. The zero-order valence-corrected chi connectivity index (χ0v) is 11.9. The smallest absolute Gasteiger partial charge is 0.0794 e. The minimum atomic E-state index is 0.218. The van der Waals surface area contributed by atoms with Crippen molar-refractivity contribution in [2.24, 2.45) is 5.73 Å². The van der Waals surface area contributed by atoms with Gasteiger partial charge >= 0.3 is 0 Å². The summed E-state index contributed by atoms with van der Waals surface area (Å²) in [6.07, 6.45) is 3.05. The van der Waals surface area contributed by atoms with Gasteiger partial charge in [-0.15, -0.1) is 11.3 Å². The molecule has 2 rings (SSSR count). The minimum absolute atomic E-state index is 0.218. The van der Waals surface area contributed by atoms with Gasteiger partial charge in [0, 0.05) is 30.9 Å². The fourth-order valence-corrected chi connectivity index (χ4v) is 2.56. The van der Waals surface area contributed by atoms with E-state index in [9.17, 15) is 0 Å². The molecule has 1 atom stereocenters. The van der Waals surface area contributed by atoms with Gasteiger partial charge in [0.2, 0.25) is 0 Å². The van der Waals surface area contributed by atoms with Crippen LogP contribution in [0.4, 0.5) is 0 Å². The number of aromatic nitrogens is 1. The van der Waals surface area contributed by atoms with Gasteiger partial charge in [-0.1, -0.05) is 30.3 Å². The summed E-state index contributed by atoms with van der Waals surface area (Å²) in [6.45, 7) is 1.82. The zero-order valence-electron chi connectivity index (χ0n) is 11.1. The molecule has 0 spiro atoms. The maximum Gasteiger partial charge on any atom is 0.0794 e. The number of nitrogens with two attached hydrogens (primary N) is 1. The van der Waals surface area contributed by atoms with Crippen LogP contribution in [0, 0.1) is 0 Å². The van der Waals surface area contributed by atoms with Crippen LogP contribution in [0.2, 0.25) is 0 Å². The highest BCUT2D eigenvalue weighted by atomic mass is 32.1. The predicted octanol–water partition coefficient (Wildman–Crippen LogP) is 2.24. The van der Waals surface area contributed by atoms with E-state index in [1.165, 1.54) is 5.56 Å².